The Morgan fingerprint density at radius 2 is 0.744 bits per heavy atom. The number of rotatable bonds is 8. The summed E-state index contributed by atoms with van der Waals surface area (Å²) in [6.45, 7) is 18.4. The Balaban J connectivity index is 0.833. The Bertz CT molecular complexity index is 4620. The first kappa shape index (κ1) is 46.4. The number of furan rings is 2. The summed E-state index contributed by atoms with van der Waals surface area (Å²) >= 11 is 0. The lowest BCUT2D eigenvalue weighted by atomic mass is 9.82. The summed E-state index contributed by atoms with van der Waals surface area (Å²) in [6.07, 6.45) is 0. The summed E-state index contributed by atoms with van der Waals surface area (Å²) in [5.41, 5.74) is 23.2. The van der Waals surface area contributed by atoms with Gasteiger partial charge in [-0.25, -0.2) is 0 Å². The number of fused-ring (bicyclic) bond motifs is 15. The highest BCUT2D eigenvalue weighted by atomic mass is 16.3. The quantitative estimate of drug-likeness (QED) is 0.152. The molecule has 13 aromatic rings. The number of hydrogen-bond acceptors (Lipinski definition) is 4. The summed E-state index contributed by atoms with van der Waals surface area (Å²) < 4.78 is 13.8. The van der Waals surface area contributed by atoms with Crippen molar-refractivity contribution in [2.24, 2.45) is 0 Å². The minimum atomic E-state index is -0.0684. The summed E-state index contributed by atoms with van der Waals surface area (Å²) in [6, 6.07) is 77.0. The Kier molecular flexibility index (Phi) is 10.0. The highest BCUT2D eigenvalue weighted by Gasteiger charge is 2.37. The Morgan fingerprint density at radius 3 is 1.24 bits per heavy atom. The largest absolute Gasteiger partial charge is 0.456 e. The zero-order chi connectivity index (χ0) is 52.9. The van der Waals surface area contributed by atoms with Gasteiger partial charge in [0.05, 0.1) is 5.39 Å². The van der Waals surface area contributed by atoms with Gasteiger partial charge in [-0.15, -0.1) is 0 Å². The number of anilines is 6. The molecule has 2 aliphatic rings. The van der Waals surface area contributed by atoms with Crippen molar-refractivity contribution < 1.29 is 8.83 Å². The molecule has 2 aliphatic carbocycles. The molecule has 2 aromatic heterocycles. The molecule has 0 saturated carbocycles. The fourth-order valence-electron chi connectivity index (χ4n) is 13.4. The molecule has 78 heavy (non-hydrogen) atoms. The lowest BCUT2D eigenvalue weighted by Gasteiger charge is -2.27. The van der Waals surface area contributed by atoms with Crippen molar-refractivity contribution in [3.8, 4) is 22.3 Å². The molecule has 0 radical (unpaired) electrons. The van der Waals surface area contributed by atoms with Gasteiger partial charge in [-0.05, 0) is 198 Å². The van der Waals surface area contributed by atoms with Crippen LogP contribution in [0.3, 0.4) is 0 Å². The van der Waals surface area contributed by atoms with Crippen molar-refractivity contribution in [3.63, 3.8) is 0 Å². The second-order valence-electron chi connectivity index (χ2n) is 23.7. The van der Waals surface area contributed by atoms with E-state index < -0.39 is 0 Å². The van der Waals surface area contributed by atoms with Crippen LogP contribution in [0.1, 0.15) is 101 Å². The van der Waals surface area contributed by atoms with Gasteiger partial charge in [0.1, 0.15) is 22.3 Å². The van der Waals surface area contributed by atoms with E-state index in [1.807, 2.05) is 0 Å². The smallest absolute Gasteiger partial charge is 0.147 e. The van der Waals surface area contributed by atoms with E-state index >= 15 is 0 Å². The molecule has 11 aromatic carbocycles. The van der Waals surface area contributed by atoms with Crippen LogP contribution in [0.25, 0.3) is 87.7 Å². The molecule has 15 rings (SSSR count). The van der Waals surface area contributed by atoms with E-state index in [0.717, 1.165) is 99.5 Å². The van der Waals surface area contributed by atoms with Crippen molar-refractivity contribution in [2.75, 3.05) is 9.80 Å². The second-order valence-corrected chi connectivity index (χ2v) is 23.7. The van der Waals surface area contributed by atoms with Crippen LogP contribution in [0, 0.1) is 0 Å². The third kappa shape index (κ3) is 6.91. The molecular formula is C74H60N2O2. The molecule has 0 unspecified atom stereocenters. The molecule has 0 spiro atoms. The summed E-state index contributed by atoms with van der Waals surface area (Å²) in [5.74, 6) is 0.883. The van der Waals surface area contributed by atoms with Gasteiger partial charge in [0.25, 0.3) is 0 Å². The highest BCUT2D eigenvalue weighted by molar-refractivity contribution is 6.24. The molecule has 378 valence electrons. The van der Waals surface area contributed by atoms with Gasteiger partial charge >= 0.3 is 0 Å². The molecule has 0 aliphatic heterocycles. The molecule has 0 fully saturated rings. The Hall–Kier alpha value is -8.86. The summed E-state index contributed by atoms with van der Waals surface area (Å²) in [7, 11) is 0. The van der Waals surface area contributed by atoms with E-state index in [-0.39, 0.29) is 10.8 Å². The Morgan fingerprint density at radius 1 is 0.321 bits per heavy atom. The Labute approximate surface area is 455 Å². The number of benzene rings is 11. The first-order valence-corrected chi connectivity index (χ1v) is 27.8. The van der Waals surface area contributed by atoms with E-state index in [2.05, 4.69) is 271 Å². The topological polar surface area (TPSA) is 32.8 Å². The van der Waals surface area contributed by atoms with Gasteiger partial charge in [-0.3, -0.25) is 0 Å². The SMILES string of the molecule is CC(C)c1ccc(N(c2ccc3c(c2)-c2ccccc2C3(C)C)c2ccc3cc4c(cc3c2)oc2c4ccc3oc4cc5cc(N(c6ccc(C(C)C)cc6)c6ccc7c(c6)-c6ccccc6C7(C)C)ccc5cc4c32)cc1. The van der Waals surface area contributed by atoms with Gasteiger partial charge in [0.15, 0.2) is 0 Å². The van der Waals surface area contributed by atoms with Crippen LogP contribution in [0.5, 0.6) is 0 Å². The van der Waals surface area contributed by atoms with Crippen LogP contribution in [-0.4, -0.2) is 0 Å². The zero-order valence-electron chi connectivity index (χ0n) is 45.5. The zero-order valence-corrected chi connectivity index (χ0v) is 45.5. The molecule has 0 saturated heterocycles. The minimum absolute atomic E-state index is 0.0683. The van der Waals surface area contributed by atoms with E-state index in [1.165, 1.54) is 55.6 Å². The minimum Gasteiger partial charge on any atom is -0.456 e. The monoisotopic (exact) mass is 1010 g/mol. The molecule has 4 heteroatoms. The summed E-state index contributed by atoms with van der Waals surface area (Å²) in [5, 5.41) is 8.73. The molecule has 0 amide bonds. The van der Waals surface area contributed by atoms with Crippen LogP contribution in [0.2, 0.25) is 0 Å². The molecule has 0 atom stereocenters. The number of hydrogen-bond donors (Lipinski definition) is 0. The van der Waals surface area contributed by atoms with Crippen LogP contribution in [0.15, 0.2) is 215 Å². The summed E-state index contributed by atoms with van der Waals surface area (Å²) in [4.78, 5) is 4.81. The number of nitrogens with zero attached hydrogens (tertiary/aromatic N) is 2. The van der Waals surface area contributed by atoms with Crippen LogP contribution in [-0.2, 0) is 10.8 Å². The maximum Gasteiger partial charge on any atom is 0.147 e. The lowest BCUT2D eigenvalue weighted by molar-refractivity contribution is 0.660. The molecule has 0 bridgehead atoms. The standard InChI is InChI=1S/C74H60N2O2/c1-43(2)45-17-23-51(24-18-45)75(55-29-32-66-60(41-55)57-13-9-11-15-64(57)73(66,5)6)53-27-21-47-37-62-59-31-34-68-71(72(59)78-69(62)39-49(47)35-53)63-38-48-22-28-54(36-50(48)40-70(63)77-68)76(52-25-19-46(20-26-52)44(3)4)56-30-33-67-61(42-56)58-14-10-12-16-65(58)74(67,7)8/h9-44H,1-8H3. The van der Waals surface area contributed by atoms with Crippen molar-refractivity contribution >= 4 is 99.5 Å². The van der Waals surface area contributed by atoms with E-state index in [9.17, 15) is 0 Å². The average molecular weight is 1010 g/mol. The first-order valence-electron chi connectivity index (χ1n) is 27.8. The maximum atomic E-state index is 7.02. The van der Waals surface area contributed by atoms with Crippen LogP contribution >= 0.6 is 0 Å². The second kappa shape index (κ2) is 16.8. The molecule has 4 nitrogen and oxygen atoms in total. The van der Waals surface area contributed by atoms with E-state index in [0.29, 0.717) is 11.8 Å². The normalized spacial score (nSPS) is 14.1. The first-order chi connectivity index (χ1) is 37.8. The van der Waals surface area contributed by atoms with E-state index in [1.54, 1.807) is 0 Å². The maximum absolute atomic E-state index is 7.02. The van der Waals surface area contributed by atoms with E-state index in [4.69, 9.17) is 8.83 Å². The predicted octanol–water partition coefficient (Wildman–Crippen LogP) is 21.6. The fourth-order valence-corrected chi connectivity index (χ4v) is 13.4. The lowest BCUT2D eigenvalue weighted by Crippen LogP contribution is -2.15. The average Bonchev–Trinajstić information content (AvgIpc) is 4.18. The molecular weight excluding hydrogens is 949 g/mol. The van der Waals surface area contributed by atoms with Crippen LogP contribution in [0.4, 0.5) is 34.1 Å². The molecule has 0 N–H and O–H groups in total. The van der Waals surface area contributed by atoms with Crippen molar-refractivity contribution in [2.45, 2.75) is 78.1 Å². The van der Waals surface area contributed by atoms with Crippen molar-refractivity contribution in [3.05, 3.63) is 240 Å². The van der Waals surface area contributed by atoms with Crippen molar-refractivity contribution in [1.29, 1.82) is 0 Å². The van der Waals surface area contributed by atoms with Crippen molar-refractivity contribution in [1.82, 2.24) is 0 Å². The highest BCUT2D eigenvalue weighted by Crippen LogP contribution is 2.53. The third-order valence-corrected chi connectivity index (χ3v) is 17.8. The van der Waals surface area contributed by atoms with Gasteiger partial charge in [-0.1, -0.05) is 152 Å². The van der Waals surface area contributed by atoms with Crippen LogP contribution < -0.4 is 9.80 Å². The van der Waals surface area contributed by atoms with Gasteiger partial charge < -0.3 is 18.6 Å². The van der Waals surface area contributed by atoms with Gasteiger partial charge in [0, 0.05) is 61.1 Å². The van der Waals surface area contributed by atoms with Gasteiger partial charge in [0.2, 0.25) is 0 Å². The van der Waals surface area contributed by atoms with Gasteiger partial charge in [-0.2, -0.15) is 0 Å². The fraction of sp³-hybridized carbons (Fsp3) is 0.162. The predicted molar refractivity (Wildman–Crippen MR) is 329 cm³/mol. The molecule has 2 heterocycles. The third-order valence-electron chi connectivity index (χ3n) is 17.8.